The van der Waals surface area contributed by atoms with Gasteiger partial charge in [0.15, 0.2) is 0 Å². The van der Waals surface area contributed by atoms with Crippen molar-refractivity contribution in [2.75, 3.05) is 37.3 Å². The molecule has 0 saturated carbocycles. The zero-order chi connectivity index (χ0) is 15.6. The summed E-state index contributed by atoms with van der Waals surface area (Å²) in [6, 6.07) is 6.37. The third-order valence-electron chi connectivity index (χ3n) is 3.41. The van der Waals surface area contributed by atoms with E-state index < -0.39 is 16.0 Å². The van der Waals surface area contributed by atoms with Crippen molar-refractivity contribution < 1.29 is 18.3 Å². The van der Waals surface area contributed by atoms with Crippen LogP contribution in [0, 0.1) is 11.3 Å². The van der Waals surface area contributed by atoms with Crippen LogP contribution in [0.5, 0.6) is 0 Å². The minimum Gasteiger partial charge on any atom is -0.478 e. The molecule has 0 spiro atoms. The second kappa shape index (κ2) is 5.71. The van der Waals surface area contributed by atoms with Crippen LogP contribution >= 0.6 is 0 Å². The summed E-state index contributed by atoms with van der Waals surface area (Å²) in [5.41, 5.74) is 0.975. The monoisotopic (exact) mass is 309 g/mol. The number of anilines is 1. The lowest BCUT2D eigenvalue weighted by Crippen LogP contribution is -2.48. The Hall–Kier alpha value is -2.11. The van der Waals surface area contributed by atoms with Gasteiger partial charge in [0.05, 0.1) is 23.1 Å². The number of hydrogen-bond acceptors (Lipinski definition) is 5. The largest absolute Gasteiger partial charge is 0.478 e. The maximum atomic E-state index is 11.5. The van der Waals surface area contributed by atoms with E-state index in [2.05, 4.69) is 0 Å². The molecule has 0 aromatic heterocycles. The van der Waals surface area contributed by atoms with Crippen LogP contribution in [-0.2, 0) is 10.0 Å². The summed E-state index contributed by atoms with van der Waals surface area (Å²) in [6.45, 7) is 1.64. The van der Waals surface area contributed by atoms with Crippen molar-refractivity contribution in [3.63, 3.8) is 0 Å². The molecular weight excluding hydrogens is 294 g/mol. The summed E-state index contributed by atoms with van der Waals surface area (Å²) in [7, 11) is -3.20. The Bertz CT molecular complexity index is 701. The van der Waals surface area contributed by atoms with Gasteiger partial charge in [-0.1, -0.05) is 0 Å². The van der Waals surface area contributed by atoms with E-state index in [4.69, 9.17) is 10.4 Å². The zero-order valence-electron chi connectivity index (χ0n) is 11.5. The zero-order valence-corrected chi connectivity index (χ0v) is 12.3. The van der Waals surface area contributed by atoms with E-state index in [0.717, 1.165) is 0 Å². The highest BCUT2D eigenvalue weighted by Gasteiger charge is 2.24. The van der Waals surface area contributed by atoms with E-state index >= 15 is 0 Å². The van der Waals surface area contributed by atoms with Gasteiger partial charge in [0.2, 0.25) is 10.0 Å². The molecule has 1 aliphatic heterocycles. The average molecular weight is 309 g/mol. The van der Waals surface area contributed by atoms with Crippen LogP contribution < -0.4 is 4.90 Å². The molecule has 0 aliphatic carbocycles. The summed E-state index contributed by atoms with van der Waals surface area (Å²) >= 11 is 0. The lowest BCUT2D eigenvalue weighted by Gasteiger charge is -2.35. The Labute approximate surface area is 123 Å². The van der Waals surface area contributed by atoms with Gasteiger partial charge in [-0.05, 0) is 18.2 Å². The molecule has 112 valence electrons. The normalized spacial score (nSPS) is 16.5. The minimum absolute atomic E-state index is 0.0603. The lowest BCUT2D eigenvalue weighted by molar-refractivity contribution is 0.0697. The molecule has 1 saturated heterocycles. The highest BCUT2D eigenvalue weighted by molar-refractivity contribution is 7.88. The van der Waals surface area contributed by atoms with Crippen LogP contribution in [0.3, 0.4) is 0 Å². The predicted octanol–water partition coefficient (Wildman–Crippen LogP) is 0.338. The molecule has 0 bridgehead atoms. The van der Waals surface area contributed by atoms with Gasteiger partial charge in [0.1, 0.15) is 6.07 Å². The van der Waals surface area contributed by atoms with Crippen molar-refractivity contribution in [1.82, 2.24) is 4.31 Å². The van der Waals surface area contributed by atoms with E-state index in [9.17, 15) is 13.2 Å². The third-order valence-corrected chi connectivity index (χ3v) is 4.72. The Morgan fingerprint density at radius 1 is 1.29 bits per heavy atom. The maximum absolute atomic E-state index is 11.5. The van der Waals surface area contributed by atoms with Crippen LogP contribution in [0.4, 0.5) is 5.69 Å². The van der Waals surface area contributed by atoms with Gasteiger partial charge in [-0.15, -0.1) is 0 Å². The Morgan fingerprint density at radius 2 is 1.90 bits per heavy atom. The molecule has 8 heteroatoms. The molecule has 1 aliphatic rings. The number of sulfonamides is 1. The number of piperazine rings is 1. The van der Waals surface area contributed by atoms with Gasteiger partial charge in [0, 0.05) is 26.2 Å². The maximum Gasteiger partial charge on any atom is 0.335 e. The number of carbonyl (C=O) groups is 1. The summed E-state index contributed by atoms with van der Waals surface area (Å²) in [5, 5.41) is 18.1. The molecule has 1 aromatic rings. The first-order valence-corrected chi connectivity index (χ1v) is 8.15. The smallest absolute Gasteiger partial charge is 0.335 e. The number of carboxylic acids is 1. The van der Waals surface area contributed by atoms with Gasteiger partial charge in [-0.25, -0.2) is 13.2 Å². The van der Waals surface area contributed by atoms with E-state index in [0.29, 0.717) is 31.9 Å². The fourth-order valence-electron chi connectivity index (χ4n) is 2.30. The topological polar surface area (TPSA) is 102 Å². The van der Waals surface area contributed by atoms with Crippen LogP contribution in [0.25, 0.3) is 0 Å². The Balaban J connectivity index is 2.21. The number of benzene rings is 1. The predicted molar refractivity (Wildman–Crippen MR) is 76.7 cm³/mol. The van der Waals surface area contributed by atoms with Gasteiger partial charge in [-0.2, -0.15) is 9.57 Å². The fraction of sp³-hybridized carbons (Fsp3) is 0.385. The molecular formula is C13H15N3O4S. The van der Waals surface area contributed by atoms with Crippen molar-refractivity contribution >= 4 is 21.7 Å². The number of aromatic carboxylic acids is 1. The van der Waals surface area contributed by atoms with Crippen LogP contribution in [0.15, 0.2) is 18.2 Å². The van der Waals surface area contributed by atoms with E-state index in [-0.39, 0.29) is 11.1 Å². The highest BCUT2D eigenvalue weighted by atomic mass is 32.2. The van der Waals surface area contributed by atoms with Crippen molar-refractivity contribution in [3.05, 3.63) is 29.3 Å². The molecule has 21 heavy (non-hydrogen) atoms. The average Bonchev–Trinajstić information content (AvgIpc) is 2.45. The summed E-state index contributed by atoms with van der Waals surface area (Å²) < 4.78 is 24.3. The second-order valence-electron chi connectivity index (χ2n) is 4.80. The van der Waals surface area contributed by atoms with Gasteiger partial charge in [-0.3, -0.25) is 0 Å². The van der Waals surface area contributed by atoms with Crippen LogP contribution in [-0.4, -0.2) is 56.2 Å². The van der Waals surface area contributed by atoms with Crippen molar-refractivity contribution in [2.45, 2.75) is 0 Å². The number of nitriles is 1. The molecule has 1 aromatic carbocycles. The summed E-state index contributed by atoms with van der Waals surface area (Å²) in [5.74, 6) is -1.08. The summed E-state index contributed by atoms with van der Waals surface area (Å²) in [6.07, 6.45) is 1.17. The number of nitrogens with zero attached hydrogens (tertiary/aromatic N) is 3. The van der Waals surface area contributed by atoms with Gasteiger partial charge >= 0.3 is 5.97 Å². The van der Waals surface area contributed by atoms with Crippen LogP contribution in [0.1, 0.15) is 15.9 Å². The van der Waals surface area contributed by atoms with Crippen LogP contribution in [0.2, 0.25) is 0 Å². The van der Waals surface area contributed by atoms with Crippen molar-refractivity contribution in [1.29, 1.82) is 5.26 Å². The number of rotatable bonds is 3. The molecule has 1 heterocycles. The third kappa shape index (κ3) is 3.32. The Morgan fingerprint density at radius 3 is 2.38 bits per heavy atom. The molecule has 1 fully saturated rings. The molecule has 2 rings (SSSR count). The molecule has 0 amide bonds. The first-order chi connectivity index (χ1) is 9.82. The van der Waals surface area contributed by atoms with Gasteiger partial charge in [0.25, 0.3) is 0 Å². The molecule has 0 unspecified atom stereocenters. The number of hydrogen-bond donors (Lipinski definition) is 1. The SMILES string of the molecule is CS(=O)(=O)N1CCN(c2ccc(C(=O)O)cc2C#N)CC1. The van der Waals surface area contributed by atoms with E-state index in [1.807, 2.05) is 11.0 Å². The quantitative estimate of drug-likeness (QED) is 0.864. The standard InChI is InChI=1S/C13H15N3O4S/c1-21(19,20)16-6-4-15(5-7-16)12-3-2-10(13(17)18)8-11(12)9-14/h2-3,8H,4-7H2,1H3,(H,17,18). The molecule has 1 N–H and O–H groups in total. The molecule has 0 atom stereocenters. The van der Waals surface area contributed by atoms with E-state index in [1.54, 1.807) is 6.07 Å². The Kier molecular flexibility index (Phi) is 4.16. The van der Waals surface area contributed by atoms with E-state index in [1.165, 1.54) is 22.7 Å². The summed E-state index contributed by atoms with van der Waals surface area (Å²) in [4.78, 5) is 12.8. The second-order valence-corrected chi connectivity index (χ2v) is 6.78. The minimum atomic E-state index is -3.20. The first-order valence-electron chi connectivity index (χ1n) is 6.30. The first kappa shape index (κ1) is 15.3. The molecule has 7 nitrogen and oxygen atoms in total. The fourth-order valence-corrected chi connectivity index (χ4v) is 3.12. The lowest BCUT2D eigenvalue weighted by atomic mass is 10.1. The van der Waals surface area contributed by atoms with Crippen molar-refractivity contribution in [3.8, 4) is 6.07 Å². The van der Waals surface area contributed by atoms with Crippen molar-refractivity contribution in [2.24, 2.45) is 0 Å². The highest BCUT2D eigenvalue weighted by Crippen LogP contribution is 2.23. The molecule has 0 radical (unpaired) electrons. The number of carboxylic acid groups (broad SMARTS) is 1. The van der Waals surface area contributed by atoms with Gasteiger partial charge < -0.3 is 10.0 Å².